The SMILES string of the molecule is FC(F)(F)COCCNc1ccsc1. The maximum Gasteiger partial charge on any atom is 0.411 e. The van der Waals surface area contributed by atoms with Crippen LogP contribution in [0.25, 0.3) is 0 Å². The molecule has 1 heterocycles. The number of alkyl halides is 3. The third-order valence-corrected chi connectivity index (χ3v) is 2.05. The lowest BCUT2D eigenvalue weighted by atomic mass is 10.5. The standard InChI is InChI=1S/C8H10F3NOS/c9-8(10,11)6-13-3-2-12-7-1-4-14-5-7/h1,4-5,12H,2-3,6H2. The summed E-state index contributed by atoms with van der Waals surface area (Å²) in [5.74, 6) is 0. The van der Waals surface area contributed by atoms with Crippen LogP contribution in [0.5, 0.6) is 0 Å². The van der Waals surface area contributed by atoms with Crippen LogP contribution in [-0.4, -0.2) is 25.9 Å². The van der Waals surface area contributed by atoms with Crippen molar-refractivity contribution in [1.29, 1.82) is 0 Å². The number of nitrogens with one attached hydrogen (secondary N) is 1. The van der Waals surface area contributed by atoms with Gasteiger partial charge in [-0.3, -0.25) is 0 Å². The first kappa shape index (κ1) is 11.3. The third-order valence-electron chi connectivity index (χ3n) is 1.36. The summed E-state index contributed by atoms with van der Waals surface area (Å²) in [4.78, 5) is 0. The lowest BCUT2D eigenvalue weighted by Gasteiger charge is -2.07. The summed E-state index contributed by atoms with van der Waals surface area (Å²) in [6.07, 6.45) is -4.23. The largest absolute Gasteiger partial charge is 0.411 e. The molecule has 0 aliphatic carbocycles. The van der Waals surface area contributed by atoms with Gasteiger partial charge in [-0.05, 0) is 11.4 Å². The maximum absolute atomic E-state index is 11.6. The molecule has 0 bridgehead atoms. The molecule has 1 aromatic heterocycles. The molecule has 0 aromatic carbocycles. The fourth-order valence-corrected chi connectivity index (χ4v) is 1.43. The van der Waals surface area contributed by atoms with Crippen LogP contribution >= 0.6 is 11.3 Å². The Morgan fingerprint density at radius 1 is 1.43 bits per heavy atom. The van der Waals surface area contributed by atoms with E-state index in [4.69, 9.17) is 0 Å². The third kappa shape index (κ3) is 5.08. The van der Waals surface area contributed by atoms with Crippen LogP contribution in [-0.2, 0) is 4.74 Å². The summed E-state index contributed by atoms with van der Waals surface area (Å²) in [6.45, 7) is -0.750. The highest BCUT2D eigenvalue weighted by molar-refractivity contribution is 7.08. The predicted molar refractivity (Wildman–Crippen MR) is 49.7 cm³/mol. The van der Waals surface area contributed by atoms with Gasteiger partial charge in [0.2, 0.25) is 0 Å². The zero-order valence-corrected chi connectivity index (χ0v) is 8.12. The number of anilines is 1. The molecule has 2 nitrogen and oxygen atoms in total. The molecule has 0 amide bonds. The van der Waals surface area contributed by atoms with Gasteiger partial charge in [0.05, 0.1) is 6.61 Å². The fraction of sp³-hybridized carbons (Fsp3) is 0.500. The molecular weight excluding hydrogens is 215 g/mol. The summed E-state index contributed by atoms with van der Waals surface area (Å²) < 4.78 is 39.2. The molecule has 0 aliphatic rings. The quantitative estimate of drug-likeness (QED) is 0.778. The number of thiophene rings is 1. The number of hydrogen-bond acceptors (Lipinski definition) is 3. The van der Waals surface area contributed by atoms with Gasteiger partial charge in [-0.2, -0.15) is 24.5 Å². The minimum atomic E-state index is -4.23. The normalized spacial score (nSPS) is 11.6. The second-order valence-corrected chi connectivity index (χ2v) is 3.39. The van der Waals surface area contributed by atoms with E-state index in [0.717, 1.165) is 5.69 Å². The maximum atomic E-state index is 11.6. The summed E-state index contributed by atoms with van der Waals surface area (Å²) in [5.41, 5.74) is 0.908. The van der Waals surface area contributed by atoms with Crippen LogP contribution in [0.15, 0.2) is 16.8 Å². The molecule has 0 atom stereocenters. The van der Waals surface area contributed by atoms with Crippen LogP contribution in [0.1, 0.15) is 0 Å². The Bertz CT molecular complexity index is 248. The van der Waals surface area contributed by atoms with Crippen molar-refractivity contribution in [3.8, 4) is 0 Å². The second kappa shape index (κ2) is 5.21. The van der Waals surface area contributed by atoms with E-state index in [9.17, 15) is 13.2 Å². The van der Waals surface area contributed by atoms with Crippen LogP contribution in [0.3, 0.4) is 0 Å². The molecule has 0 saturated heterocycles. The van der Waals surface area contributed by atoms with Gasteiger partial charge in [0.1, 0.15) is 6.61 Å². The van der Waals surface area contributed by atoms with E-state index in [1.807, 2.05) is 16.8 Å². The van der Waals surface area contributed by atoms with E-state index in [1.165, 1.54) is 11.3 Å². The average molecular weight is 225 g/mol. The van der Waals surface area contributed by atoms with Gasteiger partial charge < -0.3 is 10.1 Å². The molecule has 0 radical (unpaired) electrons. The number of ether oxygens (including phenoxy) is 1. The zero-order chi connectivity index (χ0) is 10.4. The summed E-state index contributed by atoms with van der Waals surface area (Å²) in [7, 11) is 0. The highest BCUT2D eigenvalue weighted by Crippen LogP contribution is 2.14. The molecule has 80 valence electrons. The topological polar surface area (TPSA) is 21.3 Å². The molecule has 0 aliphatic heterocycles. The average Bonchev–Trinajstić information content (AvgIpc) is 2.54. The van der Waals surface area contributed by atoms with Crippen molar-refractivity contribution in [2.75, 3.05) is 25.1 Å². The van der Waals surface area contributed by atoms with Gasteiger partial charge in [-0.15, -0.1) is 0 Å². The van der Waals surface area contributed by atoms with Crippen molar-refractivity contribution < 1.29 is 17.9 Å². The van der Waals surface area contributed by atoms with Crippen LogP contribution in [0.4, 0.5) is 18.9 Å². The van der Waals surface area contributed by atoms with Gasteiger partial charge >= 0.3 is 6.18 Å². The van der Waals surface area contributed by atoms with Gasteiger partial charge in [-0.25, -0.2) is 0 Å². The monoisotopic (exact) mass is 225 g/mol. The molecule has 1 aromatic rings. The van der Waals surface area contributed by atoms with E-state index < -0.39 is 12.8 Å². The number of hydrogen-bond donors (Lipinski definition) is 1. The fourth-order valence-electron chi connectivity index (χ4n) is 0.820. The smallest absolute Gasteiger partial charge is 0.382 e. The van der Waals surface area contributed by atoms with Crippen LogP contribution < -0.4 is 5.32 Å². The van der Waals surface area contributed by atoms with E-state index in [1.54, 1.807) is 0 Å². The Balaban J connectivity index is 2.00. The van der Waals surface area contributed by atoms with E-state index in [2.05, 4.69) is 10.1 Å². The summed E-state index contributed by atoms with van der Waals surface area (Å²) >= 11 is 1.52. The molecule has 1 N–H and O–H groups in total. The molecule has 1 rings (SSSR count). The Morgan fingerprint density at radius 2 is 2.21 bits per heavy atom. The Morgan fingerprint density at radius 3 is 2.79 bits per heavy atom. The Kier molecular flexibility index (Phi) is 4.21. The second-order valence-electron chi connectivity index (χ2n) is 2.61. The molecule has 14 heavy (non-hydrogen) atoms. The van der Waals surface area contributed by atoms with Gasteiger partial charge in [-0.1, -0.05) is 0 Å². The first-order chi connectivity index (χ1) is 6.58. The van der Waals surface area contributed by atoms with Crippen LogP contribution in [0.2, 0.25) is 0 Å². The van der Waals surface area contributed by atoms with E-state index in [0.29, 0.717) is 6.54 Å². The predicted octanol–water partition coefficient (Wildman–Crippen LogP) is 2.74. The van der Waals surface area contributed by atoms with Crippen molar-refractivity contribution in [2.24, 2.45) is 0 Å². The minimum Gasteiger partial charge on any atom is -0.382 e. The van der Waals surface area contributed by atoms with Gasteiger partial charge in [0.15, 0.2) is 0 Å². The highest BCUT2D eigenvalue weighted by atomic mass is 32.1. The van der Waals surface area contributed by atoms with E-state index in [-0.39, 0.29) is 6.61 Å². The summed E-state index contributed by atoms with van der Waals surface area (Å²) in [6, 6.07) is 1.86. The van der Waals surface area contributed by atoms with Crippen molar-refractivity contribution in [1.82, 2.24) is 0 Å². The first-order valence-electron chi connectivity index (χ1n) is 3.98. The Hall–Kier alpha value is -0.750. The lowest BCUT2D eigenvalue weighted by molar-refractivity contribution is -0.172. The Labute approximate surface area is 83.7 Å². The number of rotatable bonds is 5. The van der Waals surface area contributed by atoms with Crippen molar-refractivity contribution in [3.05, 3.63) is 16.8 Å². The highest BCUT2D eigenvalue weighted by Gasteiger charge is 2.27. The molecule has 6 heteroatoms. The molecule has 0 unspecified atom stereocenters. The first-order valence-corrected chi connectivity index (χ1v) is 4.93. The van der Waals surface area contributed by atoms with Gasteiger partial charge in [0, 0.05) is 17.6 Å². The van der Waals surface area contributed by atoms with Crippen LogP contribution in [0, 0.1) is 0 Å². The number of halogens is 3. The zero-order valence-electron chi connectivity index (χ0n) is 7.30. The molecular formula is C8H10F3NOS. The summed E-state index contributed by atoms with van der Waals surface area (Å²) in [5, 5.41) is 6.70. The van der Waals surface area contributed by atoms with Crippen molar-refractivity contribution in [2.45, 2.75) is 6.18 Å². The minimum absolute atomic E-state index is 0.0509. The molecule has 0 saturated carbocycles. The lowest BCUT2D eigenvalue weighted by Crippen LogP contribution is -2.19. The molecule has 0 fully saturated rings. The van der Waals surface area contributed by atoms with Crippen molar-refractivity contribution in [3.63, 3.8) is 0 Å². The molecule has 0 spiro atoms. The van der Waals surface area contributed by atoms with Crippen molar-refractivity contribution >= 4 is 17.0 Å². The van der Waals surface area contributed by atoms with E-state index >= 15 is 0 Å². The van der Waals surface area contributed by atoms with Gasteiger partial charge in [0.25, 0.3) is 0 Å².